The zero-order valence-electron chi connectivity index (χ0n) is 7.03. The average Bonchev–Trinajstić information content (AvgIpc) is 1.85. The minimum atomic E-state index is -3.53. The van der Waals surface area contributed by atoms with E-state index in [0.717, 1.165) is 24.3 Å². The van der Waals surface area contributed by atoms with Crippen LogP contribution < -0.4 is 0 Å². The molecule has 3 N–H and O–H groups in total. The van der Waals surface area contributed by atoms with Crippen molar-refractivity contribution in [2.45, 2.75) is 26.7 Å². The second-order valence-corrected chi connectivity index (χ2v) is 8.17. The summed E-state index contributed by atoms with van der Waals surface area (Å²) in [6.07, 6.45) is 1.79. The Bertz CT molecular complexity index is 147. The molecule has 0 heterocycles. The van der Waals surface area contributed by atoms with Crippen LogP contribution in [0.2, 0.25) is 0 Å². The first-order valence-electron chi connectivity index (χ1n) is 3.77. The molecule has 0 saturated heterocycles. The van der Waals surface area contributed by atoms with E-state index in [1.165, 1.54) is 0 Å². The lowest BCUT2D eigenvalue weighted by Crippen LogP contribution is -2.03. The van der Waals surface area contributed by atoms with Crippen molar-refractivity contribution in [1.29, 1.82) is 0 Å². The van der Waals surface area contributed by atoms with Gasteiger partial charge in [-0.05, 0) is 24.3 Å². The summed E-state index contributed by atoms with van der Waals surface area (Å²) in [6, 6.07) is 0. The van der Waals surface area contributed by atoms with Crippen LogP contribution >= 0.6 is 6.72 Å². The van der Waals surface area contributed by atoms with Gasteiger partial charge in [-0.2, -0.15) is 0 Å². The second-order valence-electron chi connectivity index (χ2n) is 2.38. The van der Waals surface area contributed by atoms with Crippen molar-refractivity contribution in [3.63, 3.8) is 0 Å². The third-order valence-electron chi connectivity index (χ3n) is 1.23. The molecule has 0 fully saturated rings. The summed E-state index contributed by atoms with van der Waals surface area (Å²) in [7, 11) is -0.564. The molecule has 0 aromatic rings. The number of hydrogen-bond acceptors (Lipinski definition) is 0. The molecule has 0 aliphatic heterocycles. The average molecular weight is 200 g/mol. The number of rotatable bonds is 4. The summed E-state index contributed by atoms with van der Waals surface area (Å²) in [6.45, 7) is 0.424. The lowest BCUT2D eigenvalue weighted by Gasteiger charge is -2.13. The van der Waals surface area contributed by atoms with Crippen molar-refractivity contribution in [3.05, 3.63) is 0 Å². The van der Waals surface area contributed by atoms with Crippen LogP contribution in [0, 0.1) is 0 Å². The topological polar surface area (TPSA) is 60.7 Å². The summed E-state index contributed by atoms with van der Waals surface area (Å²) in [5.74, 6) is 1.45. The van der Waals surface area contributed by atoms with Gasteiger partial charge in [-0.25, -0.2) is 0 Å². The van der Waals surface area contributed by atoms with Crippen molar-refractivity contribution in [1.82, 2.24) is 0 Å². The monoisotopic (exact) mass is 200 g/mol. The van der Waals surface area contributed by atoms with Gasteiger partial charge in [0, 0.05) is 0 Å². The highest BCUT2D eigenvalue weighted by molar-refractivity contribution is 8.27. The molecule has 0 spiro atoms. The molecular weight excluding hydrogens is 183 g/mol. The molecule has 0 unspecified atom stereocenters. The highest BCUT2D eigenvalue weighted by Gasteiger charge is 2.10. The molecule has 70 valence electrons. The first-order valence-corrected chi connectivity index (χ1v) is 7.59. The summed E-state index contributed by atoms with van der Waals surface area (Å²) in [5.41, 5.74) is 0. The fourth-order valence-corrected chi connectivity index (χ4v) is 5.02. The van der Waals surface area contributed by atoms with E-state index < -0.39 is 16.8 Å². The van der Waals surface area contributed by atoms with Crippen LogP contribution in [0.4, 0.5) is 0 Å². The molecule has 0 amide bonds. The Morgan fingerprint density at radius 1 is 1.00 bits per heavy atom. The largest absolute Gasteiger partial charge is 0.329 e. The van der Waals surface area contributed by atoms with E-state index >= 15 is 0 Å². The van der Waals surface area contributed by atoms with Gasteiger partial charge < -0.3 is 14.7 Å². The first-order chi connectivity index (χ1) is 5.02. The predicted octanol–water partition coefficient (Wildman–Crippen LogP) is 1.08. The van der Waals surface area contributed by atoms with Crippen LogP contribution in [0.3, 0.4) is 0 Å². The minimum absolute atomic E-state index is 0.564. The molecular formula is C6H17O3PS. The Labute approximate surface area is 70.3 Å². The van der Waals surface area contributed by atoms with Gasteiger partial charge in [0.2, 0.25) is 0 Å². The molecule has 0 aromatic heterocycles. The maximum Gasteiger partial charge on any atom is 0.277 e. The molecule has 0 aliphatic carbocycles. The van der Waals surface area contributed by atoms with Gasteiger partial charge in [0.25, 0.3) is 6.72 Å². The summed E-state index contributed by atoms with van der Waals surface area (Å²) < 4.78 is 0. The van der Waals surface area contributed by atoms with E-state index in [1.807, 2.05) is 13.8 Å². The van der Waals surface area contributed by atoms with Gasteiger partial charge in [0.05, 0.1) is 0 Å². The highest BCUT2D eigenvalue weighted by Crippen LogP contribution is 2.36. The third kappa shape index (κ3) is 4.99. The Morgan fingerprint density at radius 2 is 1.36 bits per heavy atom. The van der Waals surface area contributed by atoms with Crippen LogP contribution in [0.15, 0.2) is 0 Å². The van der Waals surface area contributed by atoms with Crippen molar-refractivity contribution in [2.24, 2.45) is 0 Å². The smallest absolute Gasteiger partial charge is 0.277 e. The third-order valence-corrected chi connectivity index (χ3v) is 6.85. The standard InChI is InChI=1S/C6H17O3PS/c1-3-5-11(6-4-2)10(7,8)9/h7-9H,3-6H2,1-2H3. The molecule has 11 heavy (non-hydrogen) atoms. The molecule has 0 bridgehead atoms. The van der Waals surface area contributed by atoms with E-state index in [9.17, 15) is 0 Å². The Balaban J connectivity index is 4.32. The van der Waals surface area contributed by atoms with Gasteiger partial charge >= 0.3 is 0 Å². The SMILES string of the molecule is CCCS(CCC)=P(O)(O)O. The predicted molar refractivity (Wildman–Crippen MR) is 51.3 cm³/mol. The molecule has 0 aromatic carbocycles. The normalized spacial score (nSPS) is 12.5. The van der Waals surface area contributed by atoms with Gasteiger partial charge in [0.1, 0.15) is 0 Å². The second kappa shape index (κ2) is 5.33. The van der Waals surface area contributed by atoms with Crippen LogP contribution in [0.25, 0.3) is 0 Å². The summed E-state index contributed by atoms with van der Waals surface area (Å²) in [5, 5.41) is 0. The lowest BCUT2D eigenvalue weighted by molar-refractivity contribution is 0.362. The molecule has 3 nitrogen and oxygen atoms in total. The van der Waals surface area contributed by atoms with Crippen molar-refractivity contribution < 1.29 is 14.7 Å². The molecule has 0 atom stereocenters. The van der Waals surface area contributed by atoms with Crippen LogP contribution in [-0.4, -0.2) is 26.2 Å². The van der Waals surface area contributed by atoms with E-state index in [1.54, 1.807) is 0 Å². The quantitative estimate of drug-likeness (QED) is 0.595. The van der Waals surface area contributed by atoms with Crippen LogP contribution in [0.1, 0.15) is 26.7 Å². The van der Waals surface area contributed by atoms with Crippen molar-refractivity contribution in [2.75, 3.05) is 11.5 Å². The van der Waals surface area contributed by atoms with E-state index in [0.29, 0.717) is 0 Å². The van der Waals surface area contributed by atoms with Crippen LogP contribution in [0.5, 0.6) is 0 Å². The molecule has 0 saturated carbocycles. The van der Waals surface area contributed by atoms with Crippen LogP contribution in [-0.2, 0) is 10.1 Å². The van der Waals surface area contributed by atoms with Gasteiger partial charge in [0.15, 0.2) is 0 Å². The zero-order valence-corrected chi connectivity index (χ0v) is 8.74. The summed E-state index contributed by atoms with van der Waals surface area (Å²) in [4.78, 5) is 26.9. The van der Waals surface area contributed by atoms with E-state index in [4.69, 9.17) is 14.7 Å². The van der Waals surface area contributed by atoms with E-state index in [2.05, 4.69) is 0 Å². The van der Waals surface area contributed by atoms with E-state index in [-0.39, 0.29) is 0 Å². The lowest BCUT2D eigenvalue weighted by atomic mass is 10.6. The Morgan fingerprint density at radius 3 is 1.55 bits per heavy atom. The van der Waals surface area contributed by atoms with Gasteiger partial charge in [-0.3, -0.25) is 0 Å². The van der Waals surface area contributed by atoms with Crippen molar-refractivity contribution >= 4 is 16.8 Å². The maximum atomic E-state index is 8.97. The first kappa shape index (κ1) is 11.7. The van der Waals surface area contributed by atoms with Gasteiger partial charge in [-0.15, -0.1) is 10.1 Å². The Hall–Kier alpha value is 0.660. The maximum absolute atomic E-state index is 8.97. The summed E-state index contributed by atoms with van der Waals surface area (Å²) >= 11 is 0. The molecule has 0 aliphatic rings. The van der Waals surface area contributed by atoms with Crippen molar-refractivity contribution in [3.8, 4) is 0 Å². The zero-order chi connectivity index (χ0) is 8.91. The highest BCUT2D eigenvalue weighted by atomic mass is 32.5. The fourth-order valence-electron chi connectivity index (χ4n) is 0.818. The molecule has 0 radical (unpaired) electrons. The van der Waals surface area contributed by atoms with Gasteiger partial charge in [-0.1, -0.05) is 13.8 Å². The molecule has 0 rings (SSSR count). The Kier molecular flexibility index (Phi) is 5.65. The minimum Gasteiger partial charge on any atom is -0.329 e. The number of hydrogen-bond donors (Lipinski definition) is 3. The molecule has 5 heteroatoms. The fraction of sp³-hybridized carbons (Fsp3) is 1.00.